The molecule has 0 spiro atoms. The van der Waals surface area contributed by atoms with Gasteiger partial charge in [-0.3, -0.25) is 9.36 Å². The minimum absolute atomic E-state index is 0.0216. The van der Waals surface area contributed by atoms with Crippen molar-refractivity contribution < 1.29 is 4.74 Å². The van der Waals surface area contributed by atoms with Gasteiger partial charge in [-0.2, -0.15) is 0 Å². The van der Waals surface area contributed by atoms with E-state index in [0.29, 0.717) is 16.5 Å². The highest BCUT2D eigenvalue weighted by atomic mass is 16.5. The molecule has 0 aliphatic rings. The minimum Gasteiger partial charge on any atom is -0.497 e. The first-order valence-corrected chi connectivity index (χ1v) is 7.27. The van der Waals surface area contributed by atoms with Crippen LogP contribution in [0.15, 0.2) is 41.2 Å². The predicted octanol–water partition coefficient (Wildman–Crippen LogP) is 3.55. The molecule has 0 fully saturated rings. The van der Waals surface area contributed by atoms with Gasteiger partial charge in [0, 0.05) is 11.4 Å². The van der Waals surface area contributed by atoms with Crippen molar-refractivity contribution in [3.63, 3.8) is 0 Å². The Morgan fingerprint density at radius 1 is 1.09 bits per heavy atom. The summed E-state index contributed by atoms with van der Waals surface area (Å²) in [6, 6.07) is 14.6. The van der Waals surface area contributed by atoms with E-state index in [4.69, 9.17) is 4.74 Å². The molecule has 0 aliphatic heterocycles. The Hall–Kier alpha value is -2.73. The van der Waals surface area contributed by atoms with Crippen molar-refractivity contribution in [2.24, 2.45) is 0 Å². The van der Waals surface area contributed by atoms with Crippen molar-refractivity contribution in [3.05, 3.63) is 52.2 Å². The maximum atomic E-state index is 12.9. The van der Waals surface area contributed by atoms with E-state index in [0.717, 1.165) is 23.0 Å². The first-order valence-electron chi connectivity index (χ1n) is 7.27. The highest BCUT2D eigenvalue weighted by Crippen LogP contribution is 2.23. The van der Waals surface area contributed by atoms with Gasteiger partial charge in [-0.05, 0) is 49.2 Å². The summed E-state index contributed by atoms with van der Waals surface area (Å²) >= 11 is 0. The number of pyridine rings is 1. The zero-order valence-electron chi connectivity index (χ0n) is 12.9. The summed E-state index contributed by atoms with van der Waals surface area (Å²) < 4.78 is 7.13. The first-order chi connectivity index (χ1) is 10.7. The summed E-state index contributed by atoms with van der Waals surface area (Å²) in [6.45, 7) is 3.87. The lowest BCUT2D eigenvalue weighted by molar-refractivity contribution is 0.415. The largest absolute Gasteiger partial charge is 0.497 e. The standard InChI is InChI=1S/C19H17NO2/c1-4-10-20-17-8-6-13(5-2)11-15(17)19(21)16-12-14(22-3)7-9-18(16)20/h6-9,11-12H,5H2,1-3H3. The summed E-state index contributed by atoms with van der Waals surface area (Å²) in [5.41, 5.74) is 2.81. The van der Waals surface area contributed by atoms with Crippen LogP contribution >= 0.6 is 0 Å². The fraction of sp³-hybridized carbons (Fsp3) is 0.211. The van der Waals surface area contributed by atoms with Gasteiger partial charge in [-0.25, -0.2) is 0 Å². The molecule has 3 heteroatoms. The van der Waals surface area contributed by atoms with Crippen molar-refractivity contribution in [2.45, 2.75) is 20.3 Å². The average Bonchev–Trinajstić information content (AvgIpc) is 2.57. The van der Waals surface area contributed by atoms with Crippen LogP contribution in [0.3, 0.4) is 0 Å². The van der Waals surface area contributed by atoms with E-state index in [1.165, 1.54) is 0 Å². The monoisotopic (exact) mass is 291 g/mol. The molecule has 3 nitrogen and oxygen atoms in total. The molecule has 1 heterocycles. The molecule has 1 aromatic heterocycles. The molecule has 0 atom stereocenters. The van der Waals surface area contributed by atoms with Gasteiger partial charge in [0.2, 0.25) is 0 Å². The van der Waals surface area contributed by atoms with Gasteiger partial charge in [0.1, 0.15) is 5.75 Å². The van der Waals surface area contributed by atoms with Crippen LogP contribution in [0, 0.1) is 12.0 Å². The maximum Gasteiger partial charge on any atom is 0.197 e. The highest BCUT2D eigenvalue weighted by Gasteiger charge is 2.11. The van der Waals surface area contributed by atoms with E-state index in [1.807, 2.05) is 34.9 Å². The maximum absolute atomic E-state index is 12.9. The molecule has 0 N–H and O–H groups in total. The molecule has 0 radical (unpaired) electrons. The zero-order valence-corrected chi connectivity index (χ0v) is 12.9. The molecule has 110 valence electrons. The van der Waals surface area contributed by atoms with Gasteiger partial charge < -0.3 is 4.74 Å². The molecule has 3 aromatic rings. The fourth-order valence-corrected chi connectivity index (χ4v) is 2.71. The van der Waals surface area contributed by atoms with Crippen LogP contribution in [0.1, 0.15) is 19.4 Å². The zero-order chi connectivity index (χ0) is 15.7. The second-order valence-corrected chi connectivity index (χ2v) is 5.11. The summed E-state index contributed by atoms with van der Waals surface area (Å²) in [6.07, 6.45) is 0.894. The number of aromatic nitrogens is 1. The second-order valence-electron chi connectivity index (χ2n) is 5.11. The average molecular weight is 291 g/mol. The van der Waals surface area contributed by atoms with Gasteiger partial charge in [0.15, 0.2) is 5.43 Å². The predicted molar refractivity (Wildman–Crippen MR) is 90.5 cm³/mol. The number of methoxy groups -OCH3 is 1. The lowest BCUT2D eigenvalue weighted by atomic mass is 10.1. The number of fused-ring (bicyclic) bond motifs is 2. The van der Waals surface area contributed by atoms with E-state index in [2.05, 4.69) is 18.9 Å². The molecule has 0 amide bonds. The number of benzene rings is 2. The highest BCUT2D eigenvalue weighted by molar-refractivity contribution is 5.95. The summed E-state index contributed by atoms with van der Waals surface area (Å²) in [5.74, 6) is 3.60. The van der Waals surface area contributed by atoms with E-state index >= 15 is 0 Å². The van der Waals surface area contributed by atoms with Crippen LogP contribution in [0.4, 0.5) is 0 Å². The number of ether oxygens (including phenoxy) is 1. The van der Waals surface area contributed by atoms with E-state index < -0.39 is 0 Å². The molecule has 0 bridgehead atoms. The number of rotatable bonds is 2. The summed E-state index contributed by atoms with van der Waals surface area (Å²) in [4.78, 5) is 12.9. The second kappa shape index (κ2) is 5.57. The SMILES string of the molecule is CC#Cn1c2ccc(CC)cc2c(=O)c2cc(OC)ccc21. The first kappa shape index (κ1) is 14.2. The lowest BCUT2D eigenvalue weighted by Crippen LogP contribution is -2.09. The Kier molecular flexibility index (Phi) is 3.60. The third kappa shape index (κ3) is 2.14. The van der Waals surface area contributed by atoms with Crippen LogP contribution in [-0.2, 0) is 6.42 Å². The normalized spacial score (nSPS) is 10.5. The molecule has 3 rings (SSSR count). The number of hydrogen-bond acceptors (Lipinski definition) is 2. The number of aryl methyl sites for hydroxylation is 1. The summed E-state index contributed by atoms with van der Waals surface area (Å²) in [7, 11) is 1.60. The van der Waals surface area contributed by atoms with Crippen LogP contribution in [0.5, 0.6) is 5.75 Å². The van der Waals surface area contributed by atoms with Gasteiger partial charge in [0.05, 0.1) is 23.5 Å². The third-order valence-corrected chi connectivity index (χ3v) is 3.87. The number of nitrogens with zero attached hydrogens (tertiary/aromatic N) is 1. The topological polar surface area (TPSA) is 31.2 Å². The van der Waals surface area contributed by atoms with Gasteiger partial charge >= 0.3 is 0 Å². The van der Waals surface area contributed by atoms with Gasteiger partial charge in [0.25, 0.3) is 0 Å². The molecular formula is C19H17NO2. The van der Waals surface area contributed by atoms with Crippen LogP contribution in [0.25, 0.3) is 21.8 Å². The minimum atomic E-state index is 0.0216. The molecular weight excluding hydrogens is 274 g/mol. The fourth-order valence-electron chi connectivity index (χ4n) is 2.71. The molecule has 22 heavy (non-hydrogen) atoms. The van der Waals surface area contributed by atoms with Crippen molar-refractivity contribution in [3.8, 4) is 17.7 Å². The third-order valence-electron chi connectivity index (χ3n) is 3.87. The van der Waals surface area contributed by atoms with Crippen molar-refractivity contribution in [2.75, 3.05) is 7.11 Å². The Morgan fingerprint density at radius 2 is 1.77 bits per heavy atom. The molecule has 2 aromatic carbocycles. The van der Waals surface area contributed by atoms with E-state index in [1.54, 1.807) is 20.1 Å². The van der Waals surface area contributed by atoms with E-state index in [9.17, 15) is 4.79 Å². The smallest absolute Gasteiger partial charge is 0.197 e. The Balaban J connectivity index is 2.56. The molecule has 0 saturated carbocycles. The van der Waals surface area contributed by atoms with Crippen molar-refractivity contribution >= 4 is 21.8 Å². The van der Waals surface area contributed by atoms with Crippen LogP contribution in [0.2, 0.25) is 0 Å². The van der Waals surface area contributed by atoms with Crippen LogP contribution < -0.4 is 10.2 Å². The van der Waals surface area contributed by atoms with Gasteiger partial charge in [-0.15, -0.1) is 0 Å². The lowest BCUT2D eigenvalue weighted by Gasteiger charge is -2.11. The number of hydrogen-bond donors (Lipinski definition) is 0. The van der Waals surface area contributed by atoms with Crippen molar-refractivity contribution in [1.29, 1.82) is 0 Å². The van der Waals surface area contributed by atoms with Gasteiger partial charge in [-0.1, -0.05) is 18.9 Å². The molecule has 0 unspecified atom stereocenters. The van der Waals surface area contributed by atoms with Crippen LogP contribution in [-0.4, -0.2) is 11.7 Å². The van der Waals surface area contributed by atoms with E-state index in [-0.39, 0.29) is 5.43 Å². The quantitative estimate of drug-likeness (QED) is 0.534. The molecule has 0 saturated heterocycles. The Bertz CT molecular complexity index is 919. The summed E-state index contributed by atoms with van der Waals surface area (Å²) in [5, 5.41) is 1.32. The Morgan fingerprint density at radius 3 is 2.41 bits per heavy atom. The molecule has 0 aliphatic carbocycles. The van der Waals surface area contributed by atoms with Crippen molar-refractivity contribution in [1.82, 2.24) is 4.57 Å². The Labute approximate surface area is 129 Å².